The lowest BCUT2D eigenvalue weighted by atomic mass is 9.91. The summed E-state index contributed by atoms with van der Waals surface area (Å²) in [5.74, 6) is -0.0796. The van der Waals surface area contributed by atoms with E-state index in [9.17, 15) is 9.18 Å². The van der Waals surface area contributed by atoms with E-state index in [4.69, 9.17) is 0 Å². The zero-order valence-electron chi connectivity index (χ0n) is 13.2. The lowest BCUT2D eigenvalue weighted by Gasteiger charge is -2.36. The highest BCUT2D eigenvalue weighted by molar-refractivity contribution is 5.94. The molecule has 2 aromatic rings. The van der Waals surface area contributed by atoms with Crippen LogP contribution in [0, 0.1) is 0 Å². The minimum absolute atomic E-state index is 0.0796. The summed E-state index contributed by atoms with van der Waals surface area (Å²) in [6.07, 6.45) is 2.26. The normalized spacial score (nSPS) is 20.9. The first kappa shape index (κ1) is 15.7. The summed E-state index contributed by atoms with van der Waals surface area (Å²) in [6.45, 7) is 0.458. The van der Waals surface area contributed by atoms with Crippen LogP contribution in [0.4, 0.5) is 4.39 Å². The Kier molecular flexibility index (Phi) is 5.06. The van der Waals surface area contributed by atoms with Crippen LogP contribution in [0.5, 0.6) is 0 Å². The van der Waals surface area contributed by atoms with Crippen molar-refractivity contribution in [2.75, 3.05) is 0 Å². The molecule has 1 saturated carbocycles. The number of rotatable bonds is 4. The van der Waals surface area contributed by atoms with Crippen molar-refractivity contribution in [2.24, 2.45) is 0 Å². The fraction of sp³-hybridized carbons (Fsp3) is 0.350. The van der Waals surface area contributed by atoms with Gasteiger partial charge in [0.15, 0.2) is 0 Å². The van der Waals surface area contributed by atoms with Crippen LogP contribution >= 0.6 is 0 Å². The van der Waals surface area contributed by atoms with Crippen LogP contribution in [0.2, 0.25) is 0 Å². The highest BCUT2D eigenvalue weighted by Crippen LogP contribution is 2.28. The standard InChI is InChI=1S/C20H22FNO/c21-18-13-7-8-14-19(18)22(15-16-9-3-1-4-10-16)20(23)17-11-5-2-6-12-17/h1-6,9-12,18-19H,7-8,13-15H2/t18-,19-/m0/s1. The number of carbonyl (C=O) groups is 1. The Morgan fingerprint density at radius 1 is 0.957 bits per heavy atom. The fourth-order valence-electron chi connectivity index (χ4n) is 3.28. The zero-order valence-corrected chi connectivity index (χ0v) is 13.2. The average Bonchev–Trinajstić information content (AvgIpc) is 2.61. The highest BCUT2D eigenvalue weighted by atomic mass is 19.1. The Balaban J connectivity index is 1.87. The van der Waals surface area contributed by atoms with Crippen molar-refractivity contribution in [1.29, 1.82) is 0 Å². The number of amides is 1. The highest BCUT2D eigenvalue weighted by Gasteiger charge is 2.33. The Bertz CT molecular complexity index is 629. The van der Waals surface area contributed by atoms with Gasteiger partial charge in [0.2, 0.25) is 0 Å². The molecule has 1 aliphatic rings. The minimum atomic E-state index is -0.930. The van der Waals surface area contributed by atoms with Gasteiger partial charge < -0.3 is 4.90 Å². The number of hydrogen-bond acceptors (Lipinski definition) is 1. The molecule has 3 heteroatoms. The molecule has 1 aliphatic carbocycles. The maximum absolute atomic E-state index is 14.5. The third-order valence-electron chi connectivity index (χ3n) is 4.52. The van der Waals surface area contributed by atoms with Crippen LogP contribution in [0.25, 0.3) is 0 Å². The third-order valence-corrected chi connectivity index (χ3v) is 4.52. The number of hydrogen-bond donors (Lipinski definition) is 0. The van der Waals surface area contributed by atoms with E-state index >= 15 is 0 Å². The van der Waals surface area contributed by atoms with Crippen molar-refractivity contribution >= 4 is 5.91 Å². The maximum atomic E-state index is 14.5. The maximum Gasteiger partial charge on any atom is 0.254 e. The van der Waals surface area contributed by atoms with Crippen LogP contribution < -0.4 is 0 Å². The van der Waals surface area contributed by atoms with Crippen molar-refractivity contribution in [3.05, 3.63) is 71.8 Å². The molecule has 3 rings (SSSR count). The van der Waals surface area contributed by atoms with Crippen molar-refractivity contribution in [2.45, 2.75) is 44.4 Å². The third kappa shape index (κ3) is 3.79. The van der Waals surface area contributed by atoms with E-state index in [1.165, 1.54) is 0 Å². The molecule has 0 bridgehead atoms. The molecule has 0 N–H and O–H groups in total. The summed E-state index contributed by atoms with van der Waals surface area (Å²) in [5, 5.41) is 0. The Morgan fingerprint density at radius 2 is 1.57 bits per heavy atom. The molecular formula is C20H22FNO. The Labute approximate surface area is 136 Å². The monoisotopic (exact) mass is 311 g/mol. The van der Waals surface area contributed by atoms with Gasteiger partial charge in [-0.1, -0.05) is 61.4 Å². The second-order valence-electron chi connectivity index (χ2n) is 6.15. The zero-order chi connectivity index (χ0) is 16.1. The molecule has 120 valence electrons. The molecule has 0 spiro atoms. The topological polar surface area (TPSA) is 20.3 Å². The summed E-state index contributed by atoms with van der Waals surface area (Å²) in [5.41, 5.74) is 1.66. The molecule has 0 heterocycles. The second-order valence-corrected chi connectivity index (χ2v) is 6.15. The smallest absolute Gasteiger partial charge is 0.254 e. The van der Waals surface area contributed by atoms with Gasteiger partial charge in [0.05, 0.1) is 6.04 Å². The molecule has 0 aromatic heterocycles. The summed E-state index contributed by atoms with van der Waals surface area (Å²) in [7, 11) is 0. The molecule has 2 aromatic carbocycles. The van der Waals surface area contributed by atoms with Gasteiger partial charge in [0.25, 0.3) is 5.91 Å². The predicted octanol–water partition coefficient (Wildman–Crippen LogP) is 4.61. The first-order valence-electron chi connectivity index (χ1n) is 8.30. The summed E-state index contributed by atoms with van der Waals surface area (Å²) in [4.78, 5) is 14.7. The van der Waals surface area contributed by atoms with Gasteiger partial charge in [-0.25, -0.2) is 4.39 Å². The first-order chi connectivity index (χ1) is 11.3. The molecule has 23 heavy (non-hydrogen) atoms. The fourth-order valence-corrected chi connectivity index (χ4v) is 3.28. The van der Waals surface area contributed by atoms with Crippen molar-refractivity contribution in [1.82, 2.24) is 4.90 Å². The second kappa shape index (κ2) is 7.40. The average molecular weight is 311 g/mol. The van der Waals surface area contributed by atoms with Crippen LogP contribution in [0.15, 0.2) is 60.7 Å². The molecule has 2 atom stereocenters. The Morgan fingerprint density at radius 3 is 2.22 bits per heavy atom. The van der Waals surface area contributed by atoms with Crippen LogP contribution in [0.3, 0.4) is 0 Å². The van der Waals surface area contributed by atoms with Gasteiger partial charge in [0, 0.05) is 12.1 Å². The van der Waals surface area contributed by atoms with Crippen molar-refractivity contribution in [3.8, 4) is 0 Å². The summed E-state index contributed by atoms with van der Waals surface area (Å²) in [6, 6.07) is 18.7. The molecular weight excluding hydrogens is 289 g/mol. The molecule has 0 saturated heterocycles. The van der Waals surface area contributed by atoms with E-state index in [0.717, 1.165) is 24.8 Å². The SMILES string of the molecule is O=C(c1ccccc1)N(Cc1ccccc1)[C@H]1CCCC[C@@H]1F. The molecule has 1 amide bonds. The molecule has 0 unspecified atom stereocenters. The lowest BCUT2D eigenvalue weighted by molar-refractivity contribution is 0.0433. The van der Waals surface area contributed by atoms with Crippen molar-refractivity contribution in [3.63, 3.8) is 0 Å². The number of carbonyl (C=O) groups excluding carboxylic acids is 1. The predicted molar refractivity (Wildman–Crippen MR) is 89.9 cm³/mol. The minimum Gasteiger partial charge on any atom is -0.328 e. The number of benzene rings is 2. The first-order valence-corrected chi connectivity index (χ1v) is 8.30. The van der Waals surface area contributed by atoms with E-state index < -0.39 is 6.17 Å². The lowest BCUT2D eigenvalue weighted by Crippen LogP contribution is -2.46. The largest absolute Gasteiger partial charge is 0.328 e. The Hall–Kier alpha value is -2.16. The van der Waals surface area contributed by atoms with Crippen molar-refractivity contribution < 1.29 is 9.18 Å². The van der Waals surface area contributed by atoms with Gasteiger partial charge in [-0.2, -0.15) is 0 Å². The molecule has 0 radical (unpaired) electrons. The van der Waals surface area contributed by atoms with Crippen LogP contribution in [-0.4, -0.2) is 23.0 Å². The van der Waals surface area contributed by atoms with E-state index in [1.807, 2.05) is 48.5 Å². The van der Waals surface area contributed by atoms with E-state index in [1.54, 1.807) is 17.0 Å². The van der Waals surface area contributed by atoms with Crippen LogP contribution in [0.1, 0.15) is 41.6 Å². The number of halogens is 1. The van der Waals surface area contributed by atoms with Gasteiger partial charge in [-0.3, -0.25) is 4.79 Å². The molecule has 2 nitrogen and oxygen atoms in total. The van der Waals surface area contributed by atoms with Gasteiger partial charge in [0.1, 0.15) is 6.17 Å². The van der Waals surface area contributed by atoms with Gasteiger partial charge in [-0.15, -0.1) is 0 Å². The molecule has 0 aliphatic heterocycles. The number of alkyl halides is 1. The van der Waals surface area contributed by atoms with Gasteiger partial charge in [-0.05, 0) is 30.5 Å². The van der Waals surface area contributed by atoms with E-state index in [2.05, 4.69) is 0 Å². The molecule has 1 fully saturated rings. The quantitative estimate of drug-likeness (QED) is 0.807. The summed E-state index contributed by atoms with van der Waals surface area (Å²) < 4.78 is 14.5. The van der Waals surface area contributed by atoms with Crippen LogP contribution in [-0.2, 0) is 6.54 Å². The van der Waals surface area contributed by atoms with Gasteiger partial charge >= 0.3 is 0 Å². The summed E-state index contributed by atoms with van der Waals surface area (Å²) >= 11 is 0. The van der Waals surface area contributed by atoms with E-state index in [0.29, 0.717) is 18.5 Å². The number of nitrogens with zero attached hydrogens (tertiary/aromatic N) is 1. The van der Waals surface area contributed by atoms with E-state index in [-0.39, 0.29) is 11.9 Å².